The second-order valence-electron chi connectivity index (χ2n) is 5.61. The number of halogens is 2. The average Bonchev–Trinajstić information content (AvgIpc) is 3.09. The maximum atomic E-state index is 12.7. The molecular formula is C16H24F2N4O5S. The minimum atomic E-state index is -3.27. The molecule has 0 saturated carbocycles. The average molecular weight is 422 g/mol. The summed E-state index contributed by atoms with van der Waals surface area (Å²) in [5.74, 6) is 1.11. The second-order valence-corrected chi connectivity index (χ2v) is 7.71. The third kappa shape index (κ3) is 6.68. The lowest BCUT2D eigenvalue weighted by Crippen LogP contribution is -2.41. The highest BCUT2D eigenvalue weighted by Gasteiger charge is 2.20. The van der Waals surface area contributed by atoms with Gasteiger partial charge in [-0.25, -0.2) is 18.1 Å². The van der Waals surface area contributed by atoms with Gasteiger partial charge in [-0.2, -0.15) is 8.78 Å². The molecule has 1 aromatic carbocycles. The van der Waals surface area contributed by atoms with Gasteiger partial charge in [-0.05, 0) is 19.9 Å². The summed E-state index contributed by atoms with van der Waals surface area (Å²) in [7, 11) is -3.27. The Labute approximate surface area is 162 Å². The Morgan fingerprint density at radius 3 is 2.57 bits per heavy atom. The van der Waals surface area contributed by atoms with E-state index < -0.39 is 16.6 Å². The molecule has 28 heavy (non-hydrogen) atoms. The first-order valence-corrected chi connectivity index (χ1v) is 10.4. The van der Waals surface area contributed by atoms with Crippen LogP contribution in [-0.2, 0) is 16.6 Å². The smallest absolute Gasteiger partial charge is 0.387 e. The van der Waals surface area contributed by atoms with Gasteiger partial charge in [0, 0.05) is 31.3 Å². The first-order chi connectivity index (χ1) is 13.3. The van der Waals surface area contributed by atoms with Gasteiger partial charge in [-0.3, -0.25) is 0 Å². The summed E-state index contributed by atoms with van der Waals surface area (Å²) in [4.78, 5) is 4.33. The zero-order valence-corrected chi connectivity index (χ0v) is 16.4. The van der Waals surface area contributed by atoms with E-state index >= 15 is 0 Å². The number of alkyl halides is 2. The molecular weight excluding hydrogens is 398 g/mol. The fourth-order valence-corrected chi connectivity index (χ4v) is 2.91. The summed E-state index contributed by atoms with van der Waals surface area (Å²) in [6.07, 6.45) is 0. The van der Waals surface area contributed by atoms with E-state index in [4.69, 9.17) is 9.47 Å². The molecule has 0 radical (unpaired) electrons. The van der Waals surface area contributed by atoms with Crippen LogP contribution in [0.1, 0.15) is 19.4 Å². The van der Waals surface area contributed by atoms with Crippen LogP contribution in [0.15, 0.2) is 17.1 Å². The monoisotopic (exact) mass is 422 g/mol. The van der Waals surface area contributed by atoms with E-state index in [1.165, 1.54) is 6.07 Å². The molecule has 0 aliphatic carbocycles. The Bertz CT molecular complexity index is 789. The zero-order valence-electron chi connectivity index (χ0n) is 15.6. The van der Waals surface area contributed by atoms with Gasteiger partial charge in [-0.1, -0.05) is 0 Å². The van der Waals surface area contributed by atoms with E-state index in [-0.39, 0.29) is 31.4 Å². The SMILES string of the molecule is CCNC(=NCc1cc2c(cc1OC(F)F)OCO2)NCCNS(=O)(=O)CC. The lowest BCUT2D eigenvalue weighted by molar-refractivity contribution is -0.0505. The Kier molecular flexibility index (Phi) is 8.05. The molecule has 1 aliphatic rings. The van der Waals surface area contributed by atoms with Gasteiger partial charge in [0.25, 0.3) is 0 Å². The predicted octanol–water partition coefficient (Wildman–Crippen LogP) is 1.01. The number of sulfonamides is 1. The number of benzene rings is 1. The highest BCUT2D eigenvalue weighted by atomic mass is 32.2. The van der Waals surface area contributed by atoms with Gasteiger partial charge < -0.3 is 24.8 Å². The Morgan fingerprint density at radius 1 is 1.21 bits per heavy atom. The maximum absolute atomic E-state index is 12.7. The molecule has 2 rings (SSSR count). The molecule has 0 atom stereocenters. The molecule has 0 aromatic heterocycles. The third-order valence-electron chi connectivity index (χ3n) is 3.64. The lowest BCUT2D eigenvalue weighted by Gasteiger charge is -2.13. The van der Waals surface area contributed by atoms with Crippen LogP contribution in [-0.4, -0.2) is 53.2 Å². The van der Waals surface area contributed by atoms with Crippen molar-refractivity contribution >= 4 is 16.0 Å². The normalized spacial score (nSPS) is 13.7. The van der Waals surface area contributed by atoms with Gasteiger partial charge in [0.05, 0.1) is 12.3 Å². The first-order valence-electron chi connectivity index (χ1n) is 8.71. The fourth-order valence-electron chi connectivity index (χ4n) is 2.29. The number of aliphatic imine (C=N–C) groups is 1. The third-order valence-corrected chi connectivity index (χ3v) is 5.05. The van der Waals surface area contributed by atoms with Crippen LogP contribution in [0, 0.1) is 0 Å². The van der Waals surface area contributed by atoms with Crippen LogP contribution in [0.2, 0.25) is 0 Å². The summed E-state index contributed by atoms with van der Waals surface area (Å²) in [6, 6.07) is 2.89. The van der Waals surface area contributed by atoms with E-state index in [1.54, 1.807) is 13.0 Å². The number of fused-ring (bicyclic) bond motifs is 1. The summed E-state index contributed by atoms with van der Waals surface area (Å²) in [6.45, 7) is 1.52. The number of guanidine groups is 1. The summed E-state index contributed by atoms with van der Waals surface area (Å²) >= 11 is 0. The molecule has 0 bridgehead atoms. The van der Waals surface area contributed by atoms with Crippen molar-refractivity contribution in [3.05, 3.63) is 17.7 Å². The van der Waals surface area contributed by atoms with Crippen LogP contribution in [0.3, 0.4) is 0 Å². The van der Waals surface area contributed by atoms with Gasteiger partial charge in [0.1, 0.15) is 5.75 Å². The molecule has 1 aliphatic heterocycles. The van der Waals surface area contributed by atoms with E-state index in [9.17, 15) is 17.2 Å². The molecule has 0 unspecified atom stereocenters. The summed E-state index contributed by atoms with van der Waals surface area (Å²) < 4.78 is 65.6. The first kappa shape index (κ1) is 22.0. The van der Waals surface area contributed by atoms with Gasteiger partial charge in [0.15, 0.2) is 17.5 Å². The number of hydrogen-bond acceptors (Lipinski definition) is 6. The van der Waals surface area contributed by atoms with Crippen molar-refractivity contribution in [1.29, 1.82) is 0 Å². The van der Waals surface area contributed by atoms with Crippen molar-refractivity contribution in [3.8, 4) is 17.2 Å². The van der Waals surface area contributed by atoms with Crippen LogP contribution >= 0.6 is 0 Å². The minimum absolute atomic E-state index is 0.00180. The lowest BCUT2D eigenvalue weighted by atomic mass is 10.1. The van der Waals surface area contributed by atoms with Crippen molar-refractivity contribution in [3.63, 3.8) is 0 Å². The van der Waals surface area contributed by atoms with Crippen molar-refractivity contribution in [2.75, 3.05) is 32.2 Å². The number of ether oxygens (including phenoxy) is 3. The van der Waals surface area contributed by atoms with E-state index in [0.717, 1.165) is 0 Å². The van der Waals surface area contributed by atoms with E-state index in [2.05, 4.69) is 25.1 Å². The predicted molar refractivity (Wildman–Crippen MR) is 99.5 cm³/mol. The van der Waals surface area contributed by atoms with Crippen LogP contribution in [0.5, 0.6) is 17.2 Å². The van der Waals surface area contributed by atoms with Crippen LogP contribution in [0.25, 0.3) is 0 Å². The molecule has 1 heterocycles. The fraction of sp³-hybridized carbons (Fsp3) is 0.562. The topological polar surface area (TPSA) is 110 Å². The molecule has 12 heteroatoms. The standard InChI is InChI=1S/C16H24F2N4O5S/c1-3-19-16(20-5-6-22-28(23,24)4-2)21-9-11-7-13-14(26-10-25-13)8-12(11)27-15(17)18/h7-8,15,22H,3-6,9-10H2,1-2H3,(H2,19,20,21). The Hall–Kier alpha value is -2.34. The molecule has 9 nitrogen and oxygen atoms in total. The van der Waals surface area contributed by atoms with Gasteiger partial charge >= 0.3 is 6.61 Å². The molecule has 0 saturated heterocycles. The highest BCUT2D eigenvalue weighted by Crippen LogP contribution is 2.38. The van der Waals surface area contributed by atoms with E-state index in [0.29, 0.717) is 36.1 Å². The van der Waals surface area contributed by atoms with E-state index in [1.807, 2.05) is 6.92 Å². The maximum Gasteiger partial charge on any atom is 0.387 e. The van der Waals surface area contributed by atoms with Crippen LogP contribution in [0.4, 0.5) is 8.78 Å². The number of hydrogen-bond donors (Lipinski definition) is 3. The molecule has 1 aromatic rings. The summed E-state index contributed by atoms with van der Waals surface area (Å²) in [5, 5.41) is 5.96. The number of nitrogens with zero attached hydrogens (tertiary/aromatic N) is 1. The largest absolute Gasteiger partial charge is 0.454 e. The molecule has 0 spiro atoms. The zero-order chi connectivity index (χ0) is 20.6. The van der Waals surface area contributed by atoms with Gasteiger partial charge in [-0.15, -0.1) is 0 Å². The quantitative estimate of drug-likeness (QED) is 0.293. The Balaban J connectivity index is 2.05. The molecule has 0 amide bonds. The summed E-state index contributed by atoms with van der Waals surface area (Å²) in [5.41, 5.74) is 0.397. The van der Waals surface area contributed by atoms with Crippen LogP contribution < -0.4 is 29.6 Å². The molecule has 3 N–H and O–H groups in total. The Morgan fingerprint density at radius 2 is 1.93 bits per heavy atom. The van der Waals surface area contributed by atoms with Crippen molar-refractivity contribution in [1.82, 2.24) is 15.4 Å². The highest BCUT2D eigenvalue weighted by molar-refractivity contribution is 7.89. The van der Waals surface area contributed by atoms with Crippen molar-refractivity contribution in [2.45, 2.75) is 27.0 Å². The minimum Gasteiger partial charge on any atom is -0.454 e. The molecule has 158 valence electrons. The number of nitrogens with one attached hydrogen (secondary N) is 3. The van der Waals surface area contributed by atoms with Crippen molar-refractivity contribution in [2.24, 2.45) is 4.99 Å². The van der Waals surface area contributed by atoms with Gasteiger partial charge in [0.2, 0.25) is 16.8 Å². The number of rotatable bonds is 10. The van der Waals surface area contributed by atoms with Crippen molar-refractivity contribution < 1.29 is 31.4 Å². The molecule has 0 fully saturated rings. The second kappa shape index (κ2) is 10.3.